The Balaban J connectivity index is 1.27. The van der Waals surface area contributed by atoms with E-state index >= 15 is 0 Å². The molecule has 0 spiro atoms. The molecular formula is C26H32N8O8S2. The number of nitrogens with one attached hydrogen (secondary N) is 2. The summed E-state index contributed by atoms with van der Waals surface area (Å²) in [6.07, 6.45) is -0.995. The first-order valence-corrected chi connectivity index (χ1v) is 15.6. The van der Waals surface area contributed by atoms with Gasteiger partial charge in [-0.15, -0.1) is 16.9 Å². The fraction of sp³-hybridized carbons (Fsp3) is 0.462. The molecule has 1 aromatic heterocycles. The Hall–Kier alpha value is -4.16. The summed E-state index contributed by atoms with van der Waals surface area (Å²) in [6, 6.07) is 5.94. The Labute approximate surface area is 260 Å². The van der Waals surface area contributed by atoms with Gasteiger partial charge in [-0.25, -0.2) is 19.1 Å². The Kier molecular flexibility index (Phi) is 11.2. The third-order valence-corrected chi connectivity index (χ3v) is 9.02. The summed E-state index contributed by atoms with van der Waals surface area (Å²) >= 11 is 2.62. The molecule has 3 heterocycles. The highest BCUT2D eigenvalue weighted by Gasteiger charge is 2.54. The molecule has 44 heavy (non-hydrogen) atoms. The fourth-order valence-electron chi connectivity index (χ4n) is 4.42. The van der Waals surface area contributed by atoms with Gasteiger partial charge in [0.25, 0.3) is 5.91 Å². The van der Waals surface area contributed by atoms with E-state index in [1.54, 1.807) is 35.0 Å². The molecule has 0 radical (unpaired) electrons. The summed E-state index contributed by atoms with van der Waals surface area (Å²) in [5, 5.41) is 35.9. The van der Waals surface area contributed by atoms with E-state index in [-0.39, 0.29) is 36.5 Å². The summed E-state index contributed by atoms with van der Waals surface area (Å²) in [6.45, 7) is 1.28. The molecule has 4 rings (SSSR count). The van der Waals surface area contributed by atoms with E-state index in [1.807, 2.05) is 19.0 Å². The number of carboxylic acid groups (broad SMARTS) is 2. The molecule has 1 saturated heterocycles. The number of carbonyl (C=O) groups excluding carboxylic acids is 3. The van der Waals surface area contributed by atoms with Crippen LogP contribution < -0.4 is 15.4 Å². The average molecular weight is 649 g/mol. The molecule has 1 fully saturated rings. The van der Waals surface area contributed by atoms with Crippen molar-refractivity contribution in [2.24, 2.45) is 0 Å². The van der Waals surface area contributed by atoms with E-state index in [0.29, 0.717) is 23.0 Å². The minimum atomic E-state index is -1.29. The zero-order valence-corrected chi connectivity index (χ0v) is 25.5. The molecule has 2 aliphatic heterocycles. The molecule has 0 bridgehead atoms. The predicted octanol–water partition coefficient (Wildman–Crippen LogP) is 0.478. The monoisotopic (exact) mass is 648 g/mol. The van der Waals surface area contributed by atoms with Crippen molar-refractivity contribution in [2.45, 2.75) is 48.4 Å². The minimum Gasteiger partial charge on any atom is -0.480 e. The number of nitrogens with zero attached hydrogens (tertiary/aromatic N) is 6. The number of carboxylic acids is 2. The third-order valence-electron chi connectivity index (χ3n) is 6.64. The van der Waals surface area contributed by atoms with Gasteiger partial charge in [0, 0.05) is 24.5 Å². The number of aliphatic carboxylic acids is 2. The van der Waals surface area contributed by atoms with Crippen molar-refractivity contribution < 1.29 is 38.9 Å². The zero-order valence-electron chi connectivity index (χ0n) is 23.9. The molecule has 4 N–H and O–H groups in total. The van der Waals surface area contributed by atoms with Crippen LogP contribution in [0.1, 0.15) is 19.3 Å². The van der Waals surface area contributed by atoms with Gasteiger partial charge in [-0.1, -0.05) is 30.0 Å². The second-order valence-corrected chi connectivity index (χ2v) is 12.2. The van der Waals surface area contributed by atoms with Crippen molar-refractivity contribution in [1.82, 2.24) is 40.6 Å². The molecule has 18 heteroatoms. The topological polar surface area (TPSA) is 209 Å². The maximum Gasteiger partial charge on any atom is 0.413 e. The third kappa shape index (κ3) is 8.26. The van der Waals surface area contributed by atoms with Gasteiger partial charge < -0.3 is 30.5 Å². The van der Waals surface area contributed by atoms with Crippen LogP contribution in [0.3, 0.4) is 0 Å². The van der Waals surface area contributed by atoms with E-state index in [0.717, 1.165) is 6.54 Å². The zero-order chi connectivity index (χ0) is 31.8. The van der Waals surface area contributed by atoms with Crippen LogP contribution in [0.5, 0.6) is 5.75 Å². The van der Waals surface area contributed by atoms with Crippen molar-refractivity contribution >= 4 is 53.4 Å². The van der Waals surface area contributed by atoms with Gasteiger partial charge in [-0.3, -0.25) is 14.5 Å². The minimum absolute atomic E-state index is 0.0547. The van der Waals surface area contributed by atoms with Crippen LogP contribution in [-0.2, 0) is 25.7 Å². The Morgan fingerprint density at radius 1 is 1.20 bits per heavy atom. The molecule has 236 valence electrons. The van der Waals surface area contributed by atoms with E-state index in [2.05, 4.69) is 26.2 Å². The maximum absolute atomic E-state index is 13.0. The SMILES string of the molecule is CN(C)CCn1nnnc1SCC1=C(C(=O)O)N2C(=O)[C@H](NC(=O)CCCC(NC(=O)Oc3ccccc3)C(=O)O)[C@@H]2SC1. The number of para-hydroxylation sites is 1. The van der Waals surface area contributed by atoms with Gasteiger partial charge >= 0.3 is 18.0 Å². The lowest BCUT2D eigenvalue weighted by Gasteiger charge is -2.49. The second-order valence-electron chi connectivity index (χ2n) is 10.1. The predicted molar refractivity (Wildman–Crippen MR) is 158 cm³/mol. The lowest BCUT2D eigenvalue weighted by molar-refractivity contribution is -0.150. The van der Waals surface area contributed by atoms with Crippen molar-refractivity contribution in [2.75, 3.05) is 32.1 Å². The summed E-state index contributed by atoms with van der Waals surface area (Å²) in [5.41, 5.74) is 0.434. The molecule has 0 saturated carbocycles. The molecule has 0 aliphatic carbocycles. The number of β-lactam (4-membered cyclic amide) rings is 1. The van der Waals surface area contributed by atoms with Crippen LogP contribution in [0, 0.1) is 0 Å². The van der Waals surface area contributed by atoms with Crippen molar-refractivity contribution in [1.29, 1.82) is 0 Å². The largest absolute Gasteiger partial charge is 0.480 e. The molecular weight excluding hydrogens is 616 g/mol. The number of aromatic nitrogens is 4. The number of benzene rings is 1. The first-order valence-electron chi connectivity index (χ1n) is 13.5. The molecule has 2 aromatic rings. The number of carbonyl (C=O) groups is 5. The van der Waals surface area contributed by atoms with E-state index in [4.69, 9.17) is 4.74 Å². The number of hydrogen-bond acceptors (Lipinski definition) is 12. The van der Waals surface area contributed by atoms with Gasteiger partial charge in [-0.05, 0) is 55.1 Å². The number of tetrazole rings is 1. The molecule has 1 aromatic carbocycles. The van der Waals surface area contributed by atoms with Crippen molar-refractivity contribution in [3.8, 4) is 5.75 Å². The van der Waals surface area contributed by atoms with Gasteiger partial charge in [0.1, 0.15) is 28.9 Å². The number of fused-ring (bicyclic) bond motifs is 1. The number of amides is 3. The standard InChI is InChI=1S/C26H32N8O8S2/c1-32(2)11-12-33-25(29-30-31-33)44-14-15-13-43-22-19(21(36)34(22)20(15)24(39)40)28-18(35)10-6-9-17(23(37)38)27-26(41)42-16-7-4-3-5-8-16/h3-5,7-8,17,19,22H,6,9-14H2,1-2H3,(H,27,41)(H,28,35)(H,37,38)(H,39,40)/t17?,19-,22-/m0/s1. The summed E-state index contributed by atoms with van der Waals surface area (Å²) in [4.78, 5) is 64.6. The summed E-state index contributed by atoms with van der Waals surface area (Å²) in [5.74, 6) is -2.72. The number of rotatable bonds is 15. The molecule has 3 atom stereocenters. The normalized spacial score (nSPS) is 18.3. The van der Waals surface area contributed by atoms with Crippen LogP contribution in [0.25, 0.3) is 0 Å². The second kappa shape index (κ2) is 15.0. The highest BCUT2D eigenvalue weighted by Crippen LogP contribution is 2.41. The van der Waals surface area contributed by atoms with Crippen LogP contribution in [-0.4, -0.2) is 120 Å². The van der Waals surface area contributed by atoms with Crippen LogP contribution >= 0.6 is 23.5 Å². The smallest absolute Gasteiger partial charge is 0.413 e. The van der Waals surface area contributed by atoms with Gasteiger partial charge in [0.2, 0.25) is 11.1 Å². The quantitative estimate of drug-likeness (QED) is 0.153. The highest BCUT2D eigenvalue weighted by atomic mass is 32.2. The van der Waals surface area contributed by atoms with Crippen LogP contribution in [0.2, 0.25) is 0 Å². The molecule has 1 unspecified atom stereocenters. The molecule has 2 aliphatic rings. The molecule has 3 amide bonds. The molecule has 16 nitrogen and oxygen atoms in total. The summed E-state index contributed by atoms with van der Waals surface area (Å²) in [7, 11) is 3.86. The highest BCUT2D eigenvalue weighted by molar-refractivity contribution is 8.01. The Bertz CT molecular complexity index is 1420. The number of thioether (sulfide) groups is 2. The summed E-state index contributed by atoms with van der Waals surface area (Å²) < 4.78 is 6.69. The average Bonchev–Trinajstić information content (AvgIpc) is 3.44. The van der Waals surface area contributed by atoms with Crippen LogP contribution in [0.4, 0.5) is 4.79 Å². The van der Waals surface area contributed by atoms with Gasteiger partial charge in [0.05, 0.1) is 6.54 Å². The fourth-order valence-corrected chi connectivity index (χ4v) is 6.81. The Morgan fingerprint density at radius 3 is 2.64 bits per heavy atom. The van der Waals surface area contributed by atoms with E-state index in [9.17, 15) is 34.2 Å². The lowest BCUT2D eigenvalue weighted by atomic mass is 10.0. The van der Waals surface area contributed by atoms with Gasteiger partial charge in [-0.2, -0.15) is 0 Å². The van der Waals surface area contributed by atoms with E-state index < -0.39 is 47.3 Å². The van der Waals surface area contributed by atoms with Gasteiger partial charge in [0.15, 0.2) is 0 Å². The number of hydrogen-bond donors (Lipinski definition) is 4. The maximum atomic E-state index is 13.0. The number of likely N-dealkylation sites (N-methyl/N-ethyl adjacent to an activating group) is 1. The van der Waals surface area contributed by atoms with Crippen LogP contribution in [0.15, 0.2) is 46.8 Å². The lowest BCUT2D eigenvalue weighted by Crippen LogP contribution is -2.70. The van der Waals surface area contributed by atoms with Crippen molar-refractivity contribution in [3.05, 3.63) is 41.6 Å². The first-order chi connectivity index (χ1) is 21.0. The van der Waals surface area contributed by atoms with E-state index in [1.165, 1.54) is 28.4 Å². The number of ether oxygens (including phenoxy) is 1. The van der Waals surface area contributed by atoms with Crippen molar-refractivity contribution in [3.63, 3.8) is 0 Å². The Morgan fingerprint density at radius 2 is 1.95 bits per heavy atom. The first kappa shape index (κ1) is 32.7.